The van der Waals surface area contributed by atoms with Gasteiger partial charge < -0.3 is 15.0 Å². The number of methoxy groups -OCH3 is 1. The molecule has 6 heteroatoms. The molecule has 20 heavy (non-hydrogen) atoms. The lowest BCUT2D eigenvalue weighted by atomic mass is 10.1. The molecule has 1 fully saturated rings. The molecule has 1 unspecified atom stereocenters. The molecule has 0 saturated carbocycles. The van der Waals surface area contributed by atoms with E-state index in [9.17, 15) is 4.79 Å². The lowest BCUT2D eigenvalue weighted by Gasteiger charge is -2.22. The molecule has 1 aromatic rings. The predicted octanol–water partition coefficient (Wildman–Crippen LogP) is 2.59. The molecule has 112 valence electrons. The summed E-state index contributed by atoms with van der Waals surface area (Å²) in [4.78, 5) is 14.0. The van der Waals surface area contributed by atoms with Gasteiger partial charge in [-0.1, -0.05) is 15.9 Å². The van der Waals surface area contributed by atoms with Gasteiger partial charge >= 0.3 is 0 Å². The molecule has 2 rings (SSSR count). The van der Waals surface area contributed by atoms with Crippen LogP contribution >= 0.6 is 28.3 Å². The standard InChI is InChI=1S/C14H19BrN2O2.ClH/c1-17(14(18)12-4-3-7-16-12)9-10-8-11(15)5-6-13(10)19-2;/h5-6,8,12,16H,3-4,7,9H2,1-2H3;1H. The van der Waals surface area contributed by atoms with E-state index in [0.717, 1.165) is 35.2 Å². The Kier molecular flexibility index (Phi) is 6.79. The van der Waals surface area contributed by atoms with Crippen LogP contribution in [0.25, 0.3) is 0 Å². The van der Waals surface area contributed by atoms with Gasteiger partial charge in [-0.15, -0.1) is 12.4 Å². The second-order valence-electron chi connectivity index (χ2n) is 4.80. The van der Waals surface area contributed by atoms with Gasteiger partial charge in [-0.05, 0) is 37.6 Å². The maximum absolute atomic E-state index is 12.2. The summed E-state index contributed by atoms with van der Waals surface area (Å²) >= 11 is 3.45. The summed E-state index contributed by atoms with van der Waals surface area (Å²) in [5, 5.41) is 3.23. The Morgan fingerprint density at radius 3 is 2.90 bits per heavy atom. The summed E-state index contributed by atoms with van der Waals surface area (Å²) in [6.07, 6.45) is 2.00. The monoisotopic (exact) mass is 362 g/mol. The number of rotatable bonds is 4. The smallest absolute Gasteiger partial charge is 0.239 e. The van der Waals surface area contributed by atoms with E-state index in [1.807, 2.05) is 25.2 Å². The van der Waals surface area contributed by atoms with Crippen LogP contribution in [0.2, 0.25) is 0 Å². The average Bonchev–Trinajstić information content (AvgIpc) is 2.92. The number of likely N-dealkylation sites (N-methyl/N-ethyl adjacent to an activating group) is 1. The molecule has 0 spiro atoms. The van der Waals surface area contributed by atoms with Gasteiger partial charge in [-0.3, -0.25) is 4.79 Å². The molecule has 0 radical (unpaired) electrons. The third-order valence-corrected chi connectivity index (χ3v) is 3.88. The van der Waals surface area contributed by atoms with E-state index >= 15 is 0 Å². The number of carbonyl (C=O) groups is 1. The van der Waals surface area contributed by atoms with Gasteiger partial charge in [0.25, 0.3) is 0 Å². The van der Waals surface area contributed by atoms with Gasteiger partial charge in [0.1, 0.15) is 5.75 Å². The van der Waals surface area contributed by atoms with Crippen LogP contribution < -0.4 is 10.1 Å². The van der Waals surface area contributed by atoms with Crippen LogP contribution in [0.5, 0.6) is 5.75 Å². The molecular weight excluding hydrogens is 344 g/mol. The topological polar surface area (TPSA) is 41.6 Å². The summed E-state index contributed by atoms with van der Waals surface area (Å²) in [6.45, 7) is 1.49. The molecule has 1 aliphatic heterocycles. The first-order valence-corrected chi connectivity index (χ1v) is 7.22. The lowest BCUT2D eigenvalue weighted by molar-refractivity contribution is -0.132. The number of benzene rings is 1. The summed E-state index contributed by atoms with van der Waals surface area (Å²) < 4.78 is 6.32. The second-order valence-corrected chi connectivity index (χ2v) is 5.72. The van der Waals surface area contributed by atoms with E-state index in [2.05, 4.69) is 21.2 Å². The summed E-state index contributed by atoms with van der Waals surface area (Å²) in [6, 6.07) is 5.81. The van der Waals surface area contributed by atoms with Crippen molar-refractivity contribution in [2.75, 3.05) is 20.7 Å². The number of hydrogen-bond acceptors (Lipinski definition) is 3. The van der Waals surface area contributed by atoms with Crippen molar-refractivity contribution in [1.82, 2.24) is 10.2 Å². The van der Waals surface area contributed by atoms with Gasteiger partial charge in [0.15, 0.2) is 0 Å². The molecule has 0 bridgehead atoms. The van der Waals surface area contributed by atoms with Gasteiger partial charge in [0, 0.05) is 23.6 Å². The summed E-state index contributed by atoms with van der Waals surface area (Å²) in [5.41, 5.74) is 1.01. The van der Waals surface area contributed by atoms with Crippen molar-refractivity contribution in [3.8, 4) is 5.75 Å². The number of halogens is 2. The molecule has 1 saturated heterocycles. The largest absolute Gasteiger partial charge is 0.496 e. The first kappa shape index (κ1) is 17.3. The SMILES string of the molecule is COc1ccc(Br)cc1CN(C)C(=O)C1CCCN1.Cl. The Morgan fingerprint density at radius 2 is 2.30 bits per heavy atom. The van der Waals surface area contributed by atoms with Gasteiger partial charge in [-0.25, -0.2) is 0 Å². The minimum atomic E-state index is -0.0249. The predicted molar refractivity (Wildman–Crippen MR) is 85.4 cm³/mol. The zero-order valence-corrected chi connectivity index (χ0v) is 14.1. The van der Waals surface area contributed by atoms with Crippen molar-refractivity contribution in [2.45, 2.75) is 25.4 Å². The van der Waals surface area contributed by atoms with Crippen molar-refractivity contribution in [2.24, 2.45) is 0 Å². The van der Waals surface area contributed by atoms with Gasteiger partial charge in [0.2, 0.25) is 5.91 Å². The van der Waals surface area contributed by atoms with E-state index in [4.69, 9.17) is 4.74 Å². The molecular formula is C14H20BrClN2O2. The van der Waals surface area contributed by atoms with Crippen molar-refractivity contribution >= 4 is 34.2 Å². The van der Waals surface area contributed by atoms with Crippen molar-refractivity contribution in [3.05, 3.63) is 28.2 Å². The van der Waals surface area contributed by atoms with Crippen LogP contribution in [0.4, 0.5) is 0 Å². The van der Waals surface area contributed by atoms with Crippen molar-refractivity contribution in [3.63, 3.8) is 0 Å². The fourth-order valence-electron chi connectivity index (χ4n) is 2.37. The third kappa shape index (κ3) is 4.11. The lowest BCUT2D eigenvalue weighted by Crippen LogP contribution is -2.41. The molecule has 1 aromatic carbocycles. The highest BCUT2D eigenvalue weighted by Gasteiger charge is 2.25. The van der Waals surface area contributed by atoms with E-state index < -0.39 is 0 Å². The van der Waals surface area contributed by atoms with Gasteiger partial charge in [-0.2, -0.15) is 0 Å². The average molecular weight is 364 g/mol. The number of hydrogen-bond donors (Lipinski definition) is 1. The first-order chi connectivity index (χ1) is 9.11. The fourth-order valence-corrected chi connectivity index (χ4v) is 2.77. The highest BCUT2D eigenvalue weighted by atomic mass is 79.9. The first-order valence-electron chi connectivity index (χ1n) is 6.42. The van der Waals surface area contributed by atoms with Crippen molar-refractivity contribution < 1.29 is 9.53 Å². The zero-order valence-electron chi connectivity index (χ0n) is 11.7. The number of ether oxygens (including phenoxy) is 1. The van der Waals surface area contributed by atoms with Crippen LogP contribution in [0.1, 0.15) is 18.4 Å². The zero-order chi connectivity index (χ0) is 13.8. The van der Waals surface area contributed by atoms with Crippen molar-refractivity contribution in [1.29, 1.82) is 0 Å². The number of nitrogens with one attached hydrogen (secondary N) is 1. The van der Waals surface area contributed by atoms with E-state index in [0.29, 0.717) is 6.54 Å². The Labute approximate surface area is 134 Å². The maximum atomic E-state index is 12.2. The maximum Gasteiger partial charge on any atom is 0.239 e. The van der Waals surface area contributed by atoms with Crippen LogP contribution in [0.15, 0.2) is 22.7 Å². The highest BCUT2D eigenvalue weighted by molar-refractivity contribution is 9.10. The highest BCUT2D eigenvalue weighted by Crippen LogP contribution is 2.24. The Hall–Kier alpha value is -0.780. The normalized spacial score (nSPS) is 17.4. The summed E-state index contributed by atoms with van der Waals surface area (Å²) in [7, 11) is 3.48. The number of carbonyl (C=O) groups excluding carboxylic acids is 1. The van der Waals surface area contributed by atoms with E-state index in [-0.39, 0.29) is 24.4 Å². The molecule has 1 heterocycles. The fraction of sp³-hybridized carbons (Fsp3) is 0.500. The molecule has 4 nitrogen and oxygen atoms in total. The molecule has 1 amide bonds. The molecule has 0 aromatic heterocycles. The Morgan fingerprint density at radius 1 is 1.55 bits per heavy atom. The third-order valence-electron chi connectivity index (χ3n) is 3.38. The Bertz CT molecular complexity index is 464. The summed E-state index contributed by atoms with van der Waals surface area (Å²) in [5.74, 6) is 0.960. The Balaban J connectivity index is 0.00000200. The molecule has 1 N–H and O–H groups in total. The van der Waals surface area contributed by atoms with E-state index in [1.165, 1.54) is 0 Å². The number of nitrogens with zero attached hydrogens (tertiary/aromatic N) is 1. The van der Waals surface area contributed by atoms with E-state index in [1.54, 1.807) is 12.0 Å². The van der Waals surface area contributed by atoms with Crippen LogP contribution in [-0.4, -0.2) is 37.6 Å². The van der Waals surface area contributed by atoms with Crippen LogP contribution in [0.3, 0.4) is 0 Å². The minimum absolute atomic E-state index is 0. The molecule has 1 aliphatic rings. The van der Waals surface area contributed by atoms with Crippen LogP contribution in [0, 0.1) is 0 Å². The number of amides is 1. The second kappa shape index (κ2) is 7.86. The minimum Gasteiger partial charge on any atom is -0.496 e. The molecule has 0 aliphatic carbocycles. The quantitative estimate of drug-likeness (QED) is 0.894. The van der Waals surface area contributed by atoms with Gasteiger partial charge in [0.05, 0.1) is 13.2 Å². The molecule has 1 atom stereocenters. The van der Waals surface area contributed by atoms with Crippen LogP contribution in [-0.2, 0) is 11.3 Å².